The van der Waals surface area contributed by atoms with E-state index in [9.17, 15) is 14.4 Å². The molecule has 2 heterocycles. The number of anilines is 2. The normalized spacial score (nSPS) is 15.2. The van der Waals surface area contributed by atoms with Gasteiger partial charge < -0.3 is 15.2 Å². The van der Waals surface area contributed by atoms with Crippen molar-refractivity contribution < 1.29 is 9.59 Å². The van der Waals surface area contributed by atoms with Crippen molar-refractivity contribution in [2.24, 2.45) is 0 Å². The van der Waals surface area contributed by atoms with Gasteiger partial charge in [0, 0.05) is 33.6 Å². The molecular formula is C22H17Cl2N3O3S. The van der Waals surface area contributed by atoms with Gasteiger partial charge in [-0.15, -0.1) is 11.8 Å². The Morgan fingerprint density at radius 1 is 1.10 bits per heavy atom. The Morgan fingerprint density at radius 2 is 1.90 bits per heavy atom. The van der Waals surface area contributed by atoms with Gasteiger partial charge in [-0.05, 0) is 35.9 Å². The number of pyridine rings is 1. The molecule has 4 rings (SSSR count). The van der Waals surface area contributed by atoms with Crippen molar-refractivity contribution in [1.82, 2.24) is 4.57 Å². The molecule has 3 aromatic rings. The van der Waals surface area contributed by atoms with Crippen LogP contribution < -0.4 is 16.2 Å². The first-order valence-corrected chi connectivity index (χ1v) is 11.0. The highest BCUT2D eigenvalue weighted by atomic mass is 35.5. The fraction of sp³-hybridized carbons (Fsp3) is 0.136. The Bertz CT molecular complexity index is 1230. The van der Waals surface area contributed by atoms with Crippen molar-refractivity contribution in [1.29, 1.82) is 0 Å². The lowest BCUT2D eigenvalue weighted by Gasteiger charge is -2.23. The molecule has 1 aromatic heterocycles. The number of rotatable bonds is 5. The predicted octanol–water partition coefficient (Wildman–Crippen LogP) is 4.65. The second kappa shape index (κ2) is 9.18. The average molecular weight is 474 g/mol. The van der Waals surface area contributed by atoms with Crippen LogP contribution in [-0.2, 0) is 16.1 Å². The minimum absolute atomic E-state index is 0.0117. The summed E-state index contributed by atoms with van der Waals surface area (Å²) in [6.07, 6.45) is 1.55. The van der Waals surface area contributed by atoms with E-state index in [-0.39, 0.29) is 30.3 Å². The molecule has 158 valence electrons. The van der Waals surface area contributed by atoms with Gasteiger partial charge in [-0.1, -0.05) is 41.4 Å². The topological polar surface area (TPSA) is 80.2 Å². The fourth-order valence-electron chi connectivity index (χ4n) is 3.18. The summed E-state index contributed by atoms with van der Waals surface area (Å²) in [4.78, 5) is 38.0. The number of halogens is 2. The van der Waals surface area contributed by atoms with Crippen LogP contribution in [0, 0.1) is 0 Å². The maximum Gasteiger partial charge on any atom is 0.250 e. The standard InChI is InChI=1S/C22H17Cl2N3O3S/c23-14-5-7-18-17(9-14)26-22(30)19(31-18)10-20(28)25-15-6-8-21(29)27(12-15)11-13-3-1-2-4-16(13)24/h1-9,12,19H,10-11H2,(H,25,28)(H,26,30). The highest BCUT2D eigenvalue weighted by molar-refractivity contribution is 8.01. The molecule has 31 heavy (non-hydrogen) atoms. The van der Waals surface area contributed by atoms with E-state index in [1.807, 2.05) is 24.3 Å². The quantitative estimate of drug-likeness (QED) is 0.565. The largest absolute Gasteiger partial charge is 0.325 e. The third-order valence-corrected chi connectivity index (χ3v) is 6.58. The first-order valence-electron chi connectivity index (χ1n) is 9.40. The van der Waals surface area contributed by atoms with Crippen LogP contribution in [0.2, 0.25) is 10.0 Å². The SMILES string of the molecule is O=C(CC1Sc2ccc(Cl)cc2NC1=O)Nc1ccc(=O)n(Cc2ccccc2Cl)c1. The lowest BCUT2D eigenvalue weighted by Crippen LogP contribution is -2.32. The number of nitrogens with one attached hydrogen (secondary N) is 2. The maximum absolute atomic E-state index is 12.6. The van der Waals surface area contributed by atoms with Crippen LogP contribution in [-0.4, -0.2) is 21.6 Å². The van der Waals surface area contributed by atoms with Crippen molar-refractivity contribution in [3.05, 3.63) is 86.8 Å². The van der Waals surface area contributed by atoms with E-state index in [0.29, 0.717) is 21.4 Å². The zero-order chi connectivity index (χ0) is 22.0. The number of thioether (sulfide) groups is 1. The summed E-state index contributed by atoms with van der Waals surface area (Å²) in [6.45, 7) is 0.280. The highest BCUT2D eigenvalue weighted by Gasteiger charge is 2.29. The molecule has 1 unspecified atom stereocenters. The molecule has 2 aromatic carbocycles. The Kier molecular flexibility index (Phi) is 6.36. The second-order valence-corrected chi connectivity index (χ2v) is 9.05. The Balaban J connectivity index is 1.44. The van der Waals surface area contributed by atoms with E-state index in [2.05, 4.69) is 10.6 Å². The van der Waals surface area contributed by atoms with Gasteiger partial charge in [0.2, 0.25) is 11.8 Å². The van der Waals surface area contributed by atoms with Crippen molar-refractivity contribution >= 4 is 58.2 Å². The number of amides is 2. The molecule has 0 spiro atoms. The Labute approximate surface area is 192 Å². The van der Waals surface area contributed by atoms with E-state index < -0.39 is 5.25 Å². The van der Waals surface area contributed by atoms with Gasteiger partial charge >= 0.3 is 0 Å². The number of carbonyl (C=O) groups excluding carboxylic acids is 2. The van der Waals surface area contributed by atoms with E-state index in [1.54, 1.807) is 24.4 Å². The Hall–Kier alpha value is -2.74. The summed E-state index contributed by atoms with van der Waals surface area (Å²) in [6, 6.07) is 15.4. The number of hydrogen-bond acceptors (Lipinski definition) is 4. The second-order valence-electron chi connectivity index (χ2n) is 6.96. The van der Waals surface area contributed by atoms with Gasteiger partial charge in [-0.3, -0.25) is 14.4 Å². The summed E-state index contributed by atoms with van der Waals surface area (Å²) in [5.74, 6) is -0.577. The fourth-order valence-corrected chi connectivity index (χ4v) is 4.63. The molecule has 1 atom stereocenters. The number of nitrogens with zero attached hydrogens (tertiary/aromatic N) is 1. The summed E-state index contributed by atoms with van der Waals surface area (Å²) < 4.78 is 1.47. The summed E-state index contributed by atoms with van der Waals surface area (Å²) in [7, 11) is 0. The average Bonchev–Trinajstić information content (AvgIpc) is 2.73. The van der Waals surface area contributed by atoms with Crippen LogP contribution in [0.4, 0.5) is 11.4 Å². The van der Waals surface area contributed by atoms with Crippen molar-refractivity contribution in [3.63, 3.8) is 0 Å². The molecule has 1 aliphatic rings. The lowest BCUT2D eigenvalue weighted by atomic mass is 10.2. The number of carbonyl (C=O) groups is 2. The first-order chi connectivity index (χ1) is 14.9. The number of benzene rings is 2. The minimum atomic E-state index is -0.567. The van der Waals surface area contributed by atoms with E-state index >= 15 is 0 Å². The molecular weight excluding hydrogens is 457 g/mol. The summed E-state index contributed by atoms with van der Waals surface area (Å²) in [5.41, 5.74) is 1.69. The van der Waals surface area contributed by atoms with Crippen LogP contribution in [0.25, 0.3) is 0 Å². The minimum Gasteiger partial charge on any atom is -0.325 e. The molecule has 6 nitrogen and oxygen atoms in total. The van der Waals surface area contributed by atoms with Crippen molar-refractivity contribution in [2.75, 3.05) is 10.6 Å². The van der Waals surface area contributed by atoms with Crippen LogP contribution in [0.5, 0.6) is 0 Å². The number of fused-ring (bicyclic) bond motifs is 1. The third-order valence-electron chi connectivity index (χ3n) is 4.70. The van der Waals surface area contributed by atoms with Gasteiger partial charge in [0.15, 0.2) is 0 Å². The third kappa shape index (κ3) is 5.12. The zero-order valence-electron chi connectivity index (χ0n) is 16.1. The molecule has 0 radical (unpaired) electrons. The van der Waals surface area contributed by atoms with Crippen molar-refractivity contribution in [3.8, 4) is 0 Å². The van der Waals surface area contributed by atoms with Crippen molar-refractivity contribution in [2.45, 2.75) is 23.1 Å². The molecule has 0 bridgehead atoms. The molecule has 2 amide bonds. The Morgan fingerprint density at radius 3 is 2.71 bits per heavy atom. The molecule has 0 saturated heterocycles. The van der Waals surface area contributed by atoms with Gasteiger partial charge in [-0.2, -0.15) is 0 Å². The lowest BCUT2D eigenvalue weighted by molar-refractivity contribution is -0.120. The molecule has 9 heteroatoms. The zero-order valence-corrected chi connectivity index (χ0v) is 18.4. The maximum atomic E-state index is 12.6. The van der Waals surface area contributed by atoms with Gasteiger partial charge in [0.1, 0.15) is 0 Å². The molecule has 0 aliphatic carbocycles. The van der Waals surface area contributed by atoms with Crippen LogP contribution >= 0.6 is 35.0 Å². The monoisotopic (exact) mass is 473 g/mol. The van der Waals surface area contributed by atoms with Crippen LogP contribution in [0.1, 0.15) is 12.0 Å². The smallest absolute Gasteiger partial charge is 0.250 e. The summed E-state index contributed by atoms with van der Waals surface area (Å²) in [5, 5.41) is 6.08. The highest BCUT2D eigenvalue weighted by Crippen LogP contribution is 2.38. The molecule has 0 fully saturated rings. The van der Waals surface area contributed by atoms with E-state index in [4.69, 9.17) is 23.2 Å². The molecule has 2 N–H and O–H groups in total. The number of hydrogen-bond donors (Lipinski definition) is 2. The van der Waals surface area contributed by atoms with E-state index in [0.717, 1.165) is 10.5 Å². The van der Waals surface area contributed by atoms with Crippen LogP contribution in [0.15, 0.2) is 70.5 Å². The van der Waals surface area contributed by atoms with Crippen LogP contribution in [0.3, 0.4) is 0 Å². The molecule has 1 aliphatic heterocycles. The number of aromatic nitrogens is 1. The first kappa shape index (κ1) is 21.5. The van der Waals surface area contributed by atoms with Gasteiger partial charge in [0.05, 0.1) is 23.2 Å². The van der Waals surface area contributed by atoms with E-state index in [1.165, 1.54) is 28.5 Å². The summed E-state index contributed by atoms with van der Waals surface area (Å²) >= 11 is 13.5. The predicted molar refractivity (Wildman–Crippen MR) is 124 cm³/mol. The van der Waals surface area contributed by atoms with Gasteiger partial charge in [0.25, 0.3) is 5.56 Å². The molecule has 0 saturated carbocycles. The van der Waals surface area contributed by atoms with Gasteiger partial charge in [-0.25, -0.2) is 0 Å².